The molecule has 1 aliphatic rings. The van der Waals surface area contributed by atoms with E-state index in [0.29, 0.717) is 6.92 Å². The smallest absolute Gasteiger partial charge is 0.288 e. The van der Waals surface area contributed by atoms with Crippen molar-refractivity contribution in [2.45, 2.75) is 25.3 Å². The number of rotatable bonds is 5. The minimum atomic E-state index is -3.19. The maximum absolute atomic E-state index is 14.5. The van der Waals surface area contributed by atoms with Gasteiger partial charge in [-0.15, -0.1) is 0 Å². The molecule has 7 nitrogen and oxygen atoms in total. The van der Waals surface area contributed by atoms with Crippen LogP contribution in [0.5, 0.6) is 0 Å². The van der Waals surface area contributed by atoms with Crippen molar-refractivity contribution in [3.63, 3.8) is 0 Å². The lowest BCUT2D eigenvalue weighted by Gasteiger charge is -2.28. The van der Waals surface area contributed by atoms with Gasteiger partial charge >= 0.3 is 0 Å². The third-order valence-electron chi connectivity index (χ3n) is 4.26. The van der Waals surface area contributed by atoms with E-state index < -0.39 is 35.6 Å². The van der Waals surface area contributed by atoms with Gasteiger partial charge in [-0.1, -0.05) is 0 Å². The third-order valence-corrected chi connectivity index (χ3v) is 4.26. The average Bonchev–Trinajstić information content (AvgIpc) is 2.68. The molecule has 1 atom stereocenters. The van der Waals surface area contributed by atoms with Gasteiger partial charge in [-0.25, -0.2) is 18.8 Å². The van der Waals surface area contributed by atoms with Crippen molar-refractivity contribution in [2.75, 3.05) is 12.0 Å². The van der Waals surface area contributed by atoms with Crippen LogP contribution >= 0.6 is 0 Å². The second-order valence-electron chi connectivity index (χ2n) is 6.77. The van der Waals surface area contributed by atoms with Gasteiger partial charge in [0.1, 0.15) is 35.2 Å². The van der Waals surface area contributed by atoms with Crippen LogP contribution in [0.1, 0.15) is 35.6 Å². The van der Waals surface area contributed by atoms with Gasteiger partial charge in [0.05, 0.1) is 12.4 Å². The zero-order valence-corrected chi connectivity index (χ0v) is 15.9. The van der Waals surface area contributed by atoms with Crippen molar-refractivity contribution in [1.82, 2.24) is 9.97 Å². The number of nitrogens with one attached hydrogen (secondary N) is 1. The summed E-state index contributed by atoms with van der Waals surface area (Å²) < 4.78 is 58.9. The number of aliphatic imine (C=N–C) groups is 1. The number of aromatic nitrogens is 2. The predicted octanol–water partition coefficient (Wildman–Crippen LogP) is 3.39. The Morgan fingerprint density at radius 3 is 2.63 bits per heavy atom. The number of alkyl halides is 3. The Kier molecular flexibility index (Phi) is 5.47. The zero-order chi connectivity index (χ0) is 22.1. The van der Waals surface area contributed by atoms with Gasteiger partial charge < -0.3 is 15.8 Å². The molecule has 0 saturated carbocycles. The molecule has 0 unspecified atom stereocenters. The minimum absolute atomic E-state index is 0.00422. The average molecular weight is 423 g/mol. The second-order valence-corrected chi connectivity index (χ2v) is 6.77. The van der Waals surface area contributed by atoms with Crippen molar-refractivity contribution in [3.05, 3.63) is 65.2 Å². The van der Waals surface area contributed by atoms with Crippen molar-refractivity contribution >= 4 is 17.6 Å². The van der Waals surface area contributed by atoms with E-state index in [4.69, 9.17) is 10.5 Å². The summed E-state index contributed by atoms with van der Waals surface area (Å²) in [6, 6.07) is 3.34. The monoisotopic (exact) mass is 423 g/mol. The molecule has 1 aliphatic heterocycles. The first-order chi connectivity index (χ1) is 14.0. The Bertz CT molecular complexity index is 1030. The fourth-order valence-electron chi connectivity index (χ4n) is 2.82. The van der Waals surface area contributed by atoms with Crippen LogP contribution in [-0.2, 0) is 16.2 Å². The highest BCUT2D eigenvalue weighted by atomic mass is 19.3. The maximum atomic E-state index is 14.5. The van der Waals surface area contributed by atoms with Crippen LogP contribution in [0.2, 0.25) is 0 Å². The Balaban J connectivity index is 1.88. The molecule has 0 radical (unpaired) electrons. The summed E-state index contributed by atoms with van der Waals surface area (Å²) in [6.07, 6.45) is 2.99. The quantitative estimate of drug-likeness (QED) is 0.718. The van der Waals surface area contributed by atoms with Gasteiger partial charge in [0.2, 0.25) is 0 Å². The molecule has 0 saturated heterocycles. The molecule has 1 aromatic heterocycles. The number of benzene rings is 1. The molecular formula is C19H17F4N5O2. The maximum Gasteiger partial charge on any atom is 0.288 e. The van der Waals surface area contributed by atoms with Gasteiger partial charge in [-0.3, -0.25) is 9.78 Å². The second kappa shape index (κ2) is 7.73. The number of hydrogen-bond donors (Lipinski definition) is 2. The van der Waals surface area contributed by atoms with Gasteiger partial charge in [0.25, 0.3) is 17.9 Å². The number of allylic oxidation sites excluding steroid dienone is 1. The highest BCUT2D eigenvalue weighted by molar-refractivity contribution is 6.02. The highest BCUT2D eigenvalue weighted by Gasteiger charge is 2.32. The lowest BCUT2D eigenvalue weighted by atomic mass is 9.90. The first kappa shape index (κ1) is 21.2. The number of hydrogen-bond acceptors (Lipinski definition) is 6. The van der Waals surface area contributed by atoms with Gasteiger partial charge in [-0.05, 0) is 31.2 Å². The molecule has 0 fully saturated rings. The van der Waals surface area contributed by atoms with Crippen LogP contribution in [0.3, 0.4) is 0 Å². The molecule has 3 rings (SSSR count). The first-order valence-corrected chi connectivity index (χ1v) is 8.64. The standard InChI is InChI=1S/C19H17F4N5O2/c1-18(6-11(7-20)30-17(24)28-18)12-5-10(3-4-13(12)21)27-16(29)14-8-26-15(9-25-14)19(2,22)23/h3-6,8-9H,7H2,1-2H3,(H2,24,28)(H,27,29)/t18-/m0/s1. The number of nitrogens with two attached hydrogens (primary N) is 1. The molecule has 2 aromatic rings. The number of anilines is 1. The van der Waals surface area contributed by atoms with E-state index in [9.17, 15) is 22.4 Å². The molecular weight excluding hydrogens is 406 g/mol. The number of ether oxygens (including phenoxy) is 1. The summed E-state index contributed by atoms with van der Waals surface area (Å²) in [5.74, 6) is -4.73. The Labute approximate surface area is 168 Å². The molecule has 1 amide bonds. The summed E-state index contributed by atoms with van der Waals surface area (Å²) in [5, 5.41) is 2.48. The zero-order valence-electron chi connectivity index (χ0n) is 15.9. The molecule has 158 valence electrons. The topological polar surface area (TPSA) is 102 Å². The molecule has 30 heavy (non-hydrogen) atoms. The number of carbonyl (C=O) groups excluding carboxylic acids is 1. The Hall–Kier alpha value is -3.50. The van der Waals surface area contributed by atoms with Crippen LogP contribution in [0.25, 0.3) is 0 Å². The number of nitrogens with zero attached hydrogens (tertiary/aromatic N) is 3. The van der Waals surface area contributed by atoms with Crippen molar-refractivity contribution in [2.24, 2.45) is 10.7 Å². The van der Waals surface area contributed by atoms with E-state index in [0.717, 1.165) is 18.5 Å². The van der Waals surface area contributed by atoms with Crippen LogP contribution in [-0.4, -0.2) is 28.6 Å². The minimum Gasteiger partial charge on any atom is -0.428 e. The summed E-state index contributed by atoms with van der Waals surface area (Å²) in [6.45, 7) is 1.19. The normalized spacial score (nSPS) is 18.9. The summed E-state index contributed by atoms with van der Waals surface area (Å²) >= 11 is 0. The highest BCUT2D eigenvalue weighted by Crippen LogP contribution is 2.35. The fraction of sp³-hybridized carbons (Fsp3) is 0.263. The summed E-state index contributed by atoms with van der Waals surface area (Å²) in [5.41, 5.74) is 3.56. The van der Waals surface area contributed by atoms with E-state index in [-0.39, 0.29) is 28.7 Å². The van der Waals surface area contributed by atoms with Crippen molar-refractivity contribution in [3.8, 4) is 0 Å². The van der Waals surface area contributed by atoms with Crippen LogP contribution in [0, 0.1) is 5.82 Å². The van der Waals surface area contributed by atoms with E-state index >= 15 is 0 Å². The van der Waals surface area contributed by atoms with Crippen LogP contribution in [0.4, 0.5) is 23.2 Å². The van der Waals surface area contributed by atoms with Gasteiger partial charge in [0.15, 0.2) is 0 Å². The molecule has 3 N–H and O–H groups in total. The van der Waals surface area contributed by atoms with E-state index in [1.165, 1.54) is 25.1 Å². The van der Waals surface area contributed by atoms with Gasteiger partial charge in [-0.2, -0.15) is 8.78 Å². The molecule has 0 bridgehead atoms. The lowest BCUT2D eigenvalue weighted by molar-refractivity contribution is 0.0123. The number of amidine groups is 1. The number of carbonyl (C=O) groups is 1. The largest absolute Gasteiger partial charge is 0.428 e. The van der Waals surface area contributed by atoms with E-state index in [1.54, 1.807) is 0 Å². The SMILES string of the molecule is CC(F)(F)c1cnc(C(=O)Nc2ccc(F)c([C@]3(C)C=C(CF)OC(N)=N3)c2)cn1. The molecule has 0 spiro atoms. The van der Waals surface area contributed by atoms with E-state index in [2.05, 4.69) is 20.3 Å². The van der Waals surface area contributed by atoms with Crippen molar-refractivity contribution < 1.29 is 27.1 Å². The van der Waals surface area contributed by atoms with E-state index in [1.807, 2.05) is 0 Å². The van der Waals surface area contributed by atoms with Gasteiger partial charge in [0, 0.05) is 18.2 Å². The van der Waals surface area contributed by atoms with Crippen LogP contribution < -0.4 is 11.1 Å². The molecule has 2 heterocycles. The molecule has 11 heteroatoms. The predicted molar refractivity (Wildman–Crippen MR) is 100 cm³/mol. The van der Waals surface area contributed by atoms with Crippen molar-refractivity contribution in [1.29, 1.82) is 0 Å². The Morgan fingerprint density at radius 1 is 1.30 bits per heavy atom. The number of halogens is 4. The Morgan fingerprint density at radius 2 is 2.03 bits per heavy atom. The lowest BCUT2D eigenvalue weighted by Crippen LogP contribution is -2.31. The summed E-state index contributed by atoms with van der Waals surface area (Å²) in [4.78, 5) is 23.6. The number of amides is 1. The fourth-order valence-corrected chi connectivity index (χ4v) is 2.82. The molecule has 1 aromatic carbocycles. The summed E-state index contributed by atoms with van der Waals surface area (Å²) in [7, 11) is 0. The first-order valence-electron chi connectivity index (χ1n) is 8.64. The third kappa shape index (κ3) is 4.39. The molecule has 0 aliphatic carbocycles. The van der Waals surface area contributed by atoms with Crippen LogP contribution in [0.15, 0.2) is 47.4 Å².